The molecule has 0 atom stereocenters. The van der Waals surface area contributed by atoms with E-state index < -0.39 is 0 Å². The van der Waals surface area contributed by atoms with Gasteiger partial charge in [-0.05, 0) is 37.8 Å². The second-order valence-corrected chi connectivity index (χ2v) is 5.12. The molecule has 1 saturated heterocycles. The van der Waals surface area contributed by atoms with Crippen molar-refractivity contribution in [3.05, 3.63) is 34.9 Å². The standard InChI is InChI=1S/C15H19NO2/c1-12-3-4-13(2)14(9-12)15(10-16-11-17)5-7-18-8-6-15/h3-4,9H,5-8,10H2,1-2H3. The number of nitrogens with zero attached hydrogens (tertiary/aromatic N) is 1. The van der Waals surface area contributed by atoms with Crippen molar-refractivity contribution in [2.45, 2.75) is 32.1 Å². The van der Waals surface area contributed by atoms with Crippen LogP contribution in [0.5, 0.6) is 0 Å². The highest BCUT2D eigenvalue weighted by molar-refractivity contribution is 5.39. The van der Waals surface area contributed by atoms with Crippen LogP contribution >= 0.6 is 0 Å². The monoisotopic (exact) mass is 245 g/mol. The van der Waals surface area contributed by atoms with Crippen molar-refractivity contribution in [2.24, 2.45) is 4.99 Å². The lowest BCUT2D eigenvalue weighted by molar-refractivity contribution is 0.0529. The van der Waals surface area contributed by atoms with Gasteiger partial charge in [-0.1, -0.05) is 23.8 Å². The molecule has 3 heteroatoms. The van der Waals surface area contributed by atoms with E-state index in [-0.39, 0.29) is 5.41 Å². The van der Waals surface area contributed by atoms with Gasteiger partial charge in [0.15, 0.2) is 0 Å². The number of rotatable bonds is 3. The van der Waals surface area contributed by atoms with E-state index in [9.17, 15) is 4.79 Å². The lowest BCUT2D eigenvalue weighted by Crippen LogP contribution is -2.37. The summed E-state index contributed by atoms with van der Waals surface area (Å²) in [5.41, 5.74) is 3.77. The summed E-state index contributed by atoms with van der Waals surface area (Å²) in [6.07, 6.45) is 3.52. The van der Waals surface area contributed by atoms with Crippen molar-refractivity contribution in [1.29, 1.82) is 0 Å². The predicted molar refractivity (Wildman–Crippen MR) is 70.6 cm³/mol. The van der Waals surface area contributed by atoms with Gasteiger partial charge in [-0.15, -0.1) is 0 Å². The summed E-state index contributed by atoms with van der Waals surface area (Å²) in [4.78, 5) is 14.3. The maximum atomic E-state index is 10.4. The molecule has 0 saturated carbocycles. The van der Waals surface area contributed by atoms with E-state index in [2.05, 4.69) is 37.0 Å². The molecule has 0 bridgehead atoms. The highest BCUT2D eigenvalue weighted by atomic mass is 16.5. The molecule has 0 N–H and O–H groups in total. The van der Waals surface area contributed by atoms with Crippen molar-refractivity contribution in [1.82, 2.24) is 0 Å². The predicted octanol–water partition coefficient (Wildman–Crippen LogP) is 2.69. The second kappa shape index (κ2) is 5.47. The van der Waals surface area contributed by atoms with Gasteiger partial charge in [-0.25, -0.2) is 9.79 Å². The normalized spacial score (nSPS) is 18.1. The third-order valence-electron chi connectivity index (χ3n) is 3.86. The quantitative estimate of drug-likeness (QED) is 0.606. The van der Waals surface area contributed by atoms with Crippen LogP contribution in [0.3, 0.4) is 0 Å². The molecule has 2 rings (SSSR count). The van der Waals surface area contributed by atoms with E-state index in [1.165, 1.54) is 16.7 Å². The lowest BCUT2D eigenvalue weighted by atomic mass is 9.72. The zero-order valence-corrected chi connectivity index (χ0v) is 11.0. The van der Waals surface area contributed by atoms with Crippen molar-refractivity contribution in [3.8, 4) is 0 Å². The molecular formula is C15H19NO2. The Hall–Kier alpha value is -1.44. The van der Waals surface area contributed by atoms with E-state index >= 15 is 0 Å². The van der Waals surface area contributed by atoms with E-state index in [4.69, 9.17) is 4.74 Å². The summed E-state index contributed by atoms with van der Waals surface area (Å²) in [6.45, 7) is 6.21. The Labute approximate surface area is 108 Å². The summed E-state index contributed by atoms with van der Waals surface area (Å²) in [7, 11) is 0. The Bertz CT molecular complexity index is 469. The molecule has 1 heterocycles. The molecule has 1 aliphatic rings. The molecule has 0 unspecified atom stereocenters. The van der Waals surface area contributed by atoms with E-state index in [1.807, 2.05) is 0 Å². The zero-order valence-electron chi connectivity index (χ0n) is 11.0. The minimum Gasteiger partial charge on any atom is -0.381 e. The highest BCUT2D eigenvalue weighted by Gasteiger charge is 2.35. The van der Waals surface area contributed by atoms with Crippen LogP contribution in [-0.2, 0) is 14.9 Å². The molecule has 0 aliphatic carbocycles. The first-order valence-electron chi connectivity index (χ1n) is 6.37. The van der Waals surface area contributed by atoms with E-state index in [1.54, 1.807) is 6.08 Å². The van der Waals surface area contributed by atoms with Crippen LogP contribution in [0.4, 0.5) is 0 Å². The maximum absolute atomic E-state index is 10.4. The van der Waals surface area contributed by atoms with Gasteiger partial charge in [0.1, 0.15) is 0 Å². The average Bonchev–Trinajstić information content (AvgIpc) is 2.40. The van der Waals surface area contributed by atoms with Gasteiger partial charge in [-0.3, -0.25) is 0 Å². The number of hydrogen-bond donors (Lipinski definition) is 0. The lowest BCUT2D eigenvalue weighted by Gasteiger charge is -2.37. The maximum Gasteiger partial charge on any atom is 0.234 e. The molecule has 1 aromatic rings. The van der Waals surface area contributed by atoms with Gasteiger partial charge in [0.25, 0.3) is 0 Å². The number of carbonyl (C=O) groups excluding carboxylic acids is 1. The van der Waals surface area contributed by atoms with Crippen molar-refractivity contribution in [3.63, 3.8) is 0 Å². The second-order valence-electron chi connectivity index (χ2n) is 5.12. The van der Waals surface area contributed by atoms with E-state index in [0.717, 1.165) is 26.1 Å². The minimum absolute atomic E-state index is 0.0498. The van der Waals surface area contributed by atoms with Crippen molar-refractivity contribution >= 4 is 6.08 Å². The molecule has 0 aromatic heterocycles. The van der Waals surface area contributed by atoms with Crippen molar-refractivity contribution in [2.75, 3.05) is 19.8 Å². The molecule has 1 fully saturated rings. The Kier molecular flexibility index (Phi) is 3.95. The van der Waals surface area contributed by atoms with Crippen LogP contribution in [-0.4, -0.2) is 25.8 Å². The number of aryl methyl sites for hydroxylation is 2. The third kappa shape index (κ3) is 2.53. The summed E-state index contributed by atoms with van der Waals surface area (Å²) in [5, 5.41) is 0. The Morgan fingerprint density at radius 2 is 2.06 bits per heavy atom. The van der Waals surface area contributed by atoms with Crippen LogP contribution in [0.15, 0.2) is 23.2 Å². The first-order chi connectivity index (χ1) is 8.68. The fourth-order valence-electron chi connectivity index (χ4n) is 2.77. The van der Waals surface area contributed by atoms with Gasteiger partial charge in [0, 0.05) is 18.6 Å². The molecule has 1 aromatic carbocycles. The fourth-order valence-corrected chi connectivity index (χ4v) is 2.77. The summed E-state index contributed by atoms with van der Waals surface area (Å²) >= 11 is 0. The van der Waals surface area contributed by atoms with Crippen LogP contribution in [0.1, 0.15) is 29.5 Å². The number of benzene rings is 1. The van der Waals surface area contributed by atoms with Gasteiger partial charge >= 0.3 is 0 Å². The molecule has 96 valence electrons. The SMILES string of the molecule is Cc1ccc(C)c(C2(CN=C=O)CCOCC2)c1. The van der Waals surface area contributed by atoms with Crippen LogP contribution in [0.25, 0.3) is 0 Å². The van der Waals surface area contributed by atoms with Crippen LogP contribution in [0, 0.1) is 13.8 Å². The van der Waals surface area contributed by atoms with Gasteiger partial charge in [0.05, 0.1) is 6.54 Å². The smallest absolute Gasteiger partial charge is 0.234 e. The molecule has 0 amide bonds. The highest BCUT2D eigenvalue weighted by Crippen LogP contribution is 2.37. The number of hydrogen-bond acceptors (Lipinski definition) is 3. The molecule has 0 spiro atoms. The fraction of sp³-hybridized carbons (Fsp3) is 0.533. The Morgan fingerprint density at radius 1 is 1.33 bits per heavy atom. The van der Waals surface area contributed by atoms with Gasteiger partial charge in [-0.2, -0.15) is 0 Å². The summed E-state index contributed by atoms with van der Waals surface area (Å²) in [5.74, 6) is 0. The zero-order chi connectivity index (χ0) is 13.0. The topological polar surface area (TPSA) is 38.7 Å². The molecule has 3 nitrogen and oxygen atoms in total. The Balaban J connectivity index is 2.44. The van der Waals surface area contributed by atoms with Crippen LogP contribution < -0.4 is 0 Å². The van der Waals surface area contributed by atoms with Gasteiger partial charge in [0.2, 0.25) is 6.08 Å². The Morgan fingerprint density at radius 3 is 2.72 bits per heavy atom. The number of isocyanates is 1. The largest absolute Gasteiger partial charge is 0.381 e. The summed E-state index contributed by atoms with van der Waals surface area (Å²) in [6, 6.07) is 6.49. The third-order valence-corrected chi connectivity index (χ3v) is 3.86. The minimum atomic E-state index is -0.0498. The summed E-state index contributed by atoms with van der Waals surface area (Å²) < 4.78 is 5.46. The van der Waals surface area contributed by atoms with E-state index in [0.29, 0.717) is 6.54 Å². The molecule has 1 aliphatic heterocycles. The molecule has 18 heavy (non-hydrogen) atoms. The van der Waals surface area contributed by atoms with Crippen molar-refractivity contribution < 1.29 is 9.53 Å². The number of aliphatic imine (C=N–C) groups is 1. The van der Waals surface area contributed by atoms with Gasteiger partial charge < -0.3 is 4.74 Å². The molecule has 0 radical (unpaired) electrons. The average molecular weight is 245 g/mol. The first-order valence-corrected chi connectivity index (χ1v) is 6.37. The first kappa shape index (κ1) is 13.0. The number of ether oxygens (including phenoxy) is 1. The molecular weight excluding hydrogens is 226 g/mol. The van der Waals surface area contributed by atoms with Crippen LogP contribution in [0.2, 0.25) is 0 Å².